The number of fused-ring (bicyclic) bond motifs is 3. The van der Waals surface area contributed by atoms with Gasteiger partial charge < -0.3 is 9.47 Å². The van der Waals surface area contributed by atoms with Gasteiger partial charge in [-0.1, -0.05) is 41.9 Å². The minimum atomic E-state index is -0.981. The van der Waals surface area contributed by atoms with Crippen molar-refractivity contribution in [3.8, 4) is 11.1 Å². The molecule has 1 heterocycles. The van der Waals surface area contributed by atoms with E-state index >= 15 is 0 Å². The Bertz CT molecular complexity index is 845. The van der Waals surface area contributed by atoms with E-state index in [4.69, 9.17) is 21.1 Å². The highest BCUT2D eigenvalue weighted by Crippen LogP contribution is 2.52. The van der Waals surface area contributed by atoms with Gasteiger partial charge in [-0.25, -0.2) is 4.79 Å². The van der Waals surface area contributed by atoms with E-state index in [0.29, 0.717) is 31.3 Å². The van der Waals surface area contributed by atoms with Crippen LogP contribution in [-0.2, 0) is 19.8 Å². The van der Waals surface area contributed by atoms with Crippen LogP contribution in [0.2, 0.25) is 5.02 Å². The summed E-state index contributed by atoms with van der Waals surface area (Å²) >= 11 is 6.35. The van der Waals surface area contributed by atoms with Crippen molar-refractivity contribution >= 4 is 17.6 Å². The third-order valence-electron chi connectivity index (χ3n) is 5.10. The van der Waals surface area contributed by atoms with E-state index in [2.05, 4.69) is 11.0 Å². The Hall–Kier alpha value is -1.88. The number of carbonyl (C=O) groups is 1. The van der Waals surface area contributed by atoms with Crippen molar-refractivity contribution in [1.82, 2.24) is 4.90 Å². The molecule has 0 spiro atoms. The quantitative estimate of drug-likeness (QED) is 0.768. The minimum Gasteiger partial charge on any atom is -0.461 e. The number of rotatable bonds is 3. The third-order valence-corrected chi connectivity index (χ3v) is 5.34. The summed E-state index contributed by atoms with van der Waals surface area (Å²) in [6.07, 6.45) is -0.198. The fourth-order valence-electron chi connectivity index (χ4n) is 4.12. The number of morpholine rings is 1. The average Bonchev–Trinajstić information content (AvgIpc) is 2.92. The van der Waals surface area contributed by atoms with E-state index < -0.39 is 5.54 Å². The fourth-order valence-corrected chi connectivity index (χ4v) is 4.29. The number of nitrogens with zero attached hydrogens (tertiary/aromatic N) is 1. The van der Waals surface area contributed by atoms with Crippen LogP contribution in [0.5, 0.6) is 0 Å². The van der Waals surface area contributed by atoms with Gasteiger partial charge in [-0.3, -0.25) is 4.90 Å². The van der Waals surface area contributed by atoms with E-state index in [9.17, 15) is 4.79 Å². The van der Waals surface area contributed by atoms with Gasteiger partial charge >= 0.3 is 5.97 Å². The molecule has 0 unspecified atom stereocenters. The molecular weight excluding hydrogens is 350 g/mol. The first-order valence-corrected chi connectivity index (χ1v) is 9.36. The zero-order valence-corrected chi connectivity index (χ0v) is 15.8. The molecule has 0 N–H and O–H groups in total. The molecule has 2 aliphatic rings. The van der Waals surface area contributed by atoms with Crippen LogP contribution in [0.25, 0.3) is 11.1 Å². The van der Waals surface area contributed by atoms with Crippen LogP contribution in [0.3, 0.4) is 0 Å². The Morgan fingerprint density at radius 2 is 1.81 bits per heavy atom. The molecule has 5 heteroatoms. The summed E-state index contributed by atoms with van der Waals surface area (Å²) in [7, 11) is 0. The van der Waals surface area contributed by atoms with E-state index in [1.807, 2.05) is 50.2 Å². The second-order valence-corrected chi connectivity index (χ2v) is 7.44. The zero-order chi connectivity index (χ0) is 18.3. The standard InChI is InChI=1S/C21H22ClNO3/c1-14(2)26-20(24)21(23-9-11-25-12-10-23)18-6-4-3-5-16(18)17-8-7-15(22)13-19(17)21/h3-8,13-14H,9-12H2,1-2H3/t21-/m0/s1. The molecule has 4 rings (SSSR count). The second-order valence-electron chi connectivity index (χ2n) is 7.00. The Morgan fingerprint density at radius 1 is 1.12 bits per heavy atom. The molecular formula is C21H22ClNO3. The Labute approximate surface area is 158 Å². The Morgan fingerprint density at radius 3 is 2.54 bits per heavy atom. The van der Waals surface area contributed by atoms with Crippen molar-refractivity contribution < 1.29 is 14.3 Å². The molecule has 136 valence electrons. The van der Waals surface area contributed by atoms with Crippen LogP contribution in [-0.4, -0.2) is 43.3 Å². The lowest BCUT2D eigenvalue weighted by molar-refractivity contribution is -0.162. The van der Waals surface area contributed by atoms with Crippen LogP contribution in [0.1, 0.15) is 25.0 Å². The lowest BCUT2D eigenvalue weighted by Gasteiger charge is -2.42. The normalized spacial score (nSPS) is 22.2. The SMILES string of the molecule is CC(C)OC(=O)[C@]1(N2CCOCC2)c2ccccc2-c2ccc(Cl)cc21. The topological polar surface area (TPSA) is 38.8 Å². The molecule has 2 aromatic carbocycles. The van der Waals surface area contributed by atoms with Gasteiger partial charge in [0.05, 0.1) is 19.3 Å². The number of hydrogen-bond donors (Lipinski definition) is 0. The largest absolute Gasteiger partial charge is 0.461 e. The van der Waals surface area contributed by atoms with Crippen molar-refractivity contribution in [3.63, 3.8) is 0 Å². The van der Waals surface area contributed by atoms with Crippen molar-refractivity contribution in [2.24, 2.45) is 0 Å². The van der Waals surface area contributed by atoms with E-state index in [0.717, 1.165) is 22.3 Å². The molecule has 0 saturated carbocycles. The molecule has 1 aliphatic carbocycles. The molecule has 0 radical (unpaired) electrons. The molecule has 0 aromatic heterocycles. The number of carbonyl (C=O) groups excluding carboxylic acids is 1. The van der Waals surface area contributed by atoms with E-state index in [1.165, 1.54) is 0 Å². The fraction of sp³-hybridized carbons (Fsp3) is 0.381. The summed E-state index contributed by atoms with van der Waals surface area (Å²) in [5, 5.41) is 0.617. The average molecular weight is 372 g/mol. The lowest BCUT2D eigenvalue weighted by Crippen LogP contribution is -2.56. The molecule has 1 aliphatic heterocycles. The molecule has 0 amide bonds. The summed E-state index contributed by atoms with van der Waals surface area (Å²) in [5.41, 5.74) is 2.98. The highest BCUT2D eigenvalue weighted by Gasteiger charge is 2.55. The predicted molar refractivity (Wildman–Crippen MR) is 101 cm³/mol. The molecule has 26 heavy (non-hydrogen) atoms. The lowest BCUT2D eigenvalue weighted by atomic mass is 9.85. The Kier molecular flexibility index (Phi) is 4.51. The van der Waals surface area contributed by atoms with Crippen LogP contribution >= 0.6 is 11.6 Å². The molecule has 4 nitrogen and oxygen atoms in total. The van der Waals surface area contributed by atoms with E-state index in [1.54, 1.807) is 0 Å². The second kappa shape index (κ2) is 6.69. The predicted octanol–water partition coefficient (Wildman–Crippen LogP) is 3.85. The van der Waals surface area contributed by atoms with Gasteiger partial charge in [-0.05, 0) is 48.2 Å². The zero-order valence-electron chi connectivity index (χ0n) is 15.0. The van der Waals surface area contributed by atoms with Crippen LogP contribution < -0.4 is 0 Å². The molecule has 1 fully saturated rings. The number of halogens is 1. The van der Waals surface area contributed by atoms with Crippen molar-refractivity contribution in [2.45, 2.75) is 25.5 Å². The van der Waals surface area contributed by atoms with Crippen molar-refractivity contribution in [1.29, 1.82) is 0 Å². The first kappa shape index (κ1) is 17.5. The summed E-state index contributed by atoms with van der Waals surface area (Å²) in [5.74, 6) is -0.247. The highest BCUT2D eigenvalue weighted by atomic mass is 35.5. The summed E-state index contributed by atoms with van der Waals surface area (Å²) in [4.78, 5) is 15.7. The van der Waals surface area contributed by atoms with Gasteiger partial charge in [0.15, 0.2) is 5.54 Å². The highest BCUT2D eigenvalue weighted by molar-refractivity contribution is 6.30. The van der Waals surface area contributed by atoms with E-state index in [-0.39, 0.29) is 12.1 Å². The number of ether oxygens (including phenoxy) is 2. The maximum atomic E-state index is 13.6. The first-order chi connectivity index (χ1) is 12.5. The number of esters is 1. The third kappa shape index (κ3) is 2.56. The molecule has 1 atom stereocenters. The number of hydrogen-bond acceptors (Lipinski definition) is 4. The van der Waals surface area contributed by atoms with Gasteiger partial charge in [0.2, 0.25) is 0 Å². The van der Waals surface area contributed by atoms with Gasteiger partial charge in [0.25, 0.3) is 0 Å². The maximum absolute atomic E-state index is 13.6. The summed E-state index contributed by atoms with van der Waals surface area (Å²) in [6, 6.07) is 13.9. The number of benzene rings is 2. The van der Waals surface area contributed by atoms with Crippen LogP contribution in [0.15, 0.2) is 42.5 Å². The van der Waals surface area contributed by atoms with Gasteiger partial charge in [-0.2, -0.15) is 0 Å². The maximum Gasteiger partial charge on any atom is 0.336 e. The van der Waals surface area contributed by atoms with Gasteiger partial charge in [0.1, 0.15) is 0 Å². The van der Waals surface area contributed by atoms with Crippen molar-refractivity contribution in [2.75, 3.05) is 26.3 Å². The minimum absolute atomic E-state index is 0.198. The molecule has 1 saturated heterocycles. The summed E-state index contributed by atoms with van der Waals surface area (Å²) < 4.78 is 11.3. The monoisotopic (exact) mass is 371 g/mol. The van der Waals surface area contributed by atoms with Crippen LogP contribution in [0, 0.1) is 0 Å². The van der Waals surface area contributed by atoms with Gasteiger partial charge in [0, 0.05) is 18.1 Å². The molecule has 2 aromatic rings. The first-order valence-electron chi connectivity index (χ1n) is 8.99. The van der Waals surface area contributed by atoms with Crippen LogP contribution in [0.4, 0.5) is 0 Å². The van der Waals surface area contributed by atoms with Gasteiger partial charge in [-0.15, -0.1) is 0 Å². The smallest absolute Gasteiger partial charge is 0.336 e. The summed E-state index contributed by atoms with van der Waals surface area (Å²) in [6.45, 7) is 6.26. The van der Waals surface area contributed by atoms with Crippen molar-refractivity contribution in [3.05, 3.63) is 58.6 Å². The molecule has 0 bridgehead atoms. The Balaban J connectivity index is 2.00.